The number of nitrogens with zero attached hydrogens (tertiary/aromatic N) is 1. The normalized spacial score (nSPS) is 10.3. The van der Waals surface area contributed by atoms with Crippen molar-refractivity contribution in [2.45, 2.75) is 33.1 Å². The van der Waals surface area contributed by atoms with Crippen molar-refractivity contribution in [2.24, 2.45) is 0 Å². The lowest BCUT2D eigenvalue weighted by Crippen LogP contribution is -2.37. The van der Waals surface area contributed by atoms with Gasteiger partial charge >= 0.3 is 0 Å². The number of benzene rings is 1. The van der Waals surface area contributed by atoms with Crippen molar-refractivity contribution in [1.82, 2.24) is 4.90 Å². The summed E-state index contributed by atoms with van der Waals surface area (Å²) in [4.78, 5) is 25.1. The van der Waals surface area contributed by atoms with Crippen molar-refractivity contribution in [2.75, 3.05) is 18.4 Å². The van der Waals surface area contributed by atoms with Gasteiger partial charge in [-0.05, 0) is 24.6 Å². The molecule has 1 aromatic rings. The van der Waals surface area contributed by atoms with Gasteiger partial charge in [-0.2, -0.15) is 0 Å². The van der Waals surface area contributed by atoms with Crippen LogP contribution in [-0.2, 0) is 9.59 Å². The summed E-state index contributed by atoms with van der Waals surface area (Å²) in [7, 11) is 0. The summed E-state index contributed by atoms with van der Waals surface area (Å²) < 4.78 is 0. The first-order valence-electron chi connectivity index (χ1n) is 6.94. The molecule has 0 saturated heterocycles. The zero-order chi connectivity index (χ0) is 15.8. The fraction of sp³-hybridized carbons (Fsp3) is 0.467. The van der Waals surface area contributed by atoms with Crippen molar-refractivity contribution in [3.05, 3.63) is 28.2 Å². The lowest BCUT2D eigenvalue weighted by atomic mass is 10.2. The van der Waals surface area contributed by atoms with E-state index in [1.807, 2.05) is 0 Å². The predicted octanol–water partition coefficient (Wildman–Crippen LogP) is 3.97. The van der Waals surface area contributed by atoms with Crippen LogP contribution < -0.4 is 5.32 Å². The lowest BCUT2D eigenvalue weighted by molar-refractivity contribution is -0.132. The van der Waals surface area contributed by atoms with E-state index >= 15 is 0 Å². The molecule has 1 N–H and O–H groups in total. The number of rotatable bonds is 7. The summed E-state index contributed by atoms with van der Waals surface area (Å²) in [6.07, 6.45) is 2.99. The highest BCUT2D eigenvalue weighted by Gasteiger charge is 2.14. The Morgan fingerprint density at radius 2 is 1.95 bits per heavy atom. The Kier molecular flexibility index (Phi) is 7.54. The lowest BCUT2D eigenvalue weighted by Gasteiger charge is -2.20. The van der Waals surface area contributed by atoms with Gasteiger partial charge in [-0.15, -0.1) is 0 Å². The molecule has 0 aliphatic heterocycles. The third-order valence-corrected chi connectivity index (χ3v) is 3.58. The molecule has 0 aromatic heterocycles. The Hall–Kier alpha value is -1.26. The Labute approximate surface area is 135 Å². The Bertz CT molecular complexity index is 506. The van der Waals surface area contributed by atoms with E-state index in [0.29, 0.717) is 22.3 Å². The molecule has 116 valence electrons. The van der Waals surface area contributed by atoms with E-state index in [0.717, 1.165) is 19.3 Å². The van der Waals surface area contributed by atoms with Gasteiger partial charge in [0.2, 0.25) is 11.8 Å². The minimum absolute atomic E-state index is 0.0158. The van der Waals surface area contributed by atoms with Crippen LogP contribution in [0.2, 0.25) is 10.0 Å². The molecule has 0 radical (unpaired) electrons. The summed E-state index contributed by atoms with van der Waals surface area (Å²) in [5.74, 6) is -0.399. The summed E-state index contributed by atoms with van der Waals surface area (Å²) >= 11 is 11.9. The SMILES string of the molecule is CCCCCN(CC(=O)Nc1cc(Cl)ccc1Cl)C(C)=O. The average Bonchev–Trinajstić information content (AvgIpc) is 2.42. The van der Waals surface area contributed by atoms with Gasteiger partial charge < -0.3 is 10.2 Å². The molecule has 0 saturated carbocycles. The van der Waals surface area contributed by atoms with Crippen LogP contribution in [-0.4, -0.2) is 29.8 Å². The molecule has 0 bridgehead atoms. The molecule has 1 aromatic carbocycles. The highest BCUT2D eigenvalue weighted by Crippen LogP contribution is 2.25. The van der Waals surface area contributed by atoms with Crippen LogP contribution >= 0.6 is 23.2 Å². The second kappa shape index (κ2) is 8.90. The van der Waals surface area contributed by atoms with Gasteiger partial charge in [0.1, 0.15) is 0 Å². The molecule has 0 unspecified atom stereocenters. The smallest absolute Gasteiger partial charge is 0.244 e. The van der Waals surface area contributed by atoms with Crippen molar-refractivity contribution in [1.29, 1.82) is 0 Å². The molecule has 6 heteroatoms. The van der Waals surface area contributed by atoms with Gasteiger partial charge in [0, 0.05) is 18.5 Å². The molecule has 0 fully saturated rings. The molecule has 0 spiro atoms. The highest BCUT2D eigenvalue weighted by molar-refractivity contribution is 6.35. The van der Waals surface area contributed by atoms with Crippen LogP contribution in [0, 0.1) is 0 Å². The molecule has 0 heterocycles. The summed E-state index contributed by atoms with van der Waals surface area (Å²) in [5, 5.41) is 3.57. The summed E-state index contributed by atoms with van der Waals surface area (Å²) in [6.45, 7) is 4.15. The van der Waals surface area contributed by atoms with E-state index in [4.69, 9.17) is 23.2 Å². The number of unbranched alkanes of at least 4 members (excludes halogenated alkanes) is 2. The maximum atomic E-state index is 12.0. The minimum atomic E-state index is -0.286. The van der Waals surface area contributed by atoms with Crippen molar-refractivity contribution in [3.8, 4) is 0 Å². The van der Waals surface area contributed by atoms with Gasteiger partial charge in [0.25, 0.3) is 0 Å². The summed E-state index contributed by atoms with van der Waals surface area (Å²) in [6, 6.07) is 4.84. The quantitative estimate of drug-likeness (QED) is 0.769. The van der Waals surface area contributed by atoms with Crippen molar-refractivity contribution in [3.63, 3.8) is 0 Å². The van der Waals surface area contributed by atoms with E-state index in [9.17, 15) is 9.59 Å². The second-order valence-corrected chi connectivity index (χ2v) is 5.66. The molecular weight excluding hydrogens is 311 g/mol. The first-order chi connectivity index (χ1) is 9.93. The molecule has 0 aliphatic rings. The zero-order valence-corrected chi connectivity index (χ0v) is 13.8. The first kappa shape index (κ1) is 17.8. The van der Waals surface area contributed by atoms with Crippen LogP contribution in [0.15, 0.2) is 18.2 Å². The van der Waals surface area contributed by atoms with Gasteiger partial charge in [0.15, 0.2) is 0 Å². The predicted molar refractivity (Wildman–Crippen MR) is 86.9 cm³/mol. The van der Waals surface area contributed by atoms with E-state index < -0.39 is 0 Å². The number of nitrogens with one attached hydrogen (secondary N) is 1. The van der Waals surface area contributed by atoms with Gasteiger partial charge in [-0.3, -0.25) is 9.59 Å². The van der Waals surface area contributed by atoms with Crippen molar-refractivity contribution >= 4 is 40.7 Å². The zero-order valence-electron chi connectivity index (χ0n) is 12.3. The van der Waals surface area contributed by atoms with E-state index in [-0.39, 0.29) is 18.4 Å². The maximum absolute atomic E-state index is 12.0. The molecule has 0 atom stereocenters. The fourth-order valence-corrected chi connectivity index (χ4v) is 2.19. The first-order valence-corrected chi connectivity index (χ1v) is 7.70. The van der Waals surface area contributed by atoms with E-state index in [2.05, 4.69) is 12.2 Å². The van der Waals surface area contributed by atoms with Crippen LogP contribution in [0.25, 0.3) is 0 Å². The molecule has 1 rings (SSSR count). The Morgan fingerprint density at radius 1 is 1.24 bits per heavy atom. The van der Waals surface area contributed by atoms with Crippen LogP contribution in [0.5, 0.6) is 0 Å². The average molecular weight is 331 g/mol. The standard InChI is InChI=1S/C15H20Cl2N2O2/c1-3-4-5-8-19(11(2)20)10-15(21)18-14-9-12(16)6-7-13(14)17/h6-7,9H,3-5,8,10H2,1-2H3,(H,18,21). The van der Waals surface area contributed by atoms with Crippen LogP contribution in [0.1, 0.15) is 33.1 Å². The molecule has 0 aliphatic carbocycles. The van der Waals surface area contributed by atoms with Crippen LogP contribution in [0.4, 0.5) is 5.69 Å². The largest absolute Gasteiger partial charge is 0.334 e. The Morgan fingerprint density at radius 3 is 2.57 bits per heavy atom. The van der Waals surface area contributed by atoms with Crippen molar-refractivity contribution < 1.29 is 9.59 Å². The van der Waals surface area contributed by atoms with Gasteiger partial charge in [-0.25, -0.2) is 0 Å². The molecule has 2 amide bonds. The minimum Gasteiger partial charge on any atom is -0.334 e. The third kappa shape index (κ3) is 6.36. The number of amides is 2. The maximum Gasteiger partial charge on any atom is 0.244 e. The Balaban J connectivity index is 2.61. The summed E-state index contributed by atoms with van der Waals surface area (Å²) in [5.41, 5.74) is 0.450. The number of hydrogen-bond donors (Lipinski definition) is 1. The monoisotopic (exact) mass is 330 g/mol. The third-order valence-electron chi connectivity index (χ3n) is 3.01. The number of anilines is 1. The second-order valence-electron chi connectivity index (χ2n) is 4.82. The van der Waals surface area contributed by atoms with E-state index in [1.54, 1.807) is 18.2 Å². The number of hydrogen-bond acceptors (Lipinski definition) is 2. The highest BCUT2D eigenvalue weighted by atomic mass is 35.5. The van der Waals surface area contributed by atoms with E-state index in [1.165, 1.54) is 11.8 Å². The number of carbonyl (C=O) groups excluding carboxylic acids is 2. The molecule has 4 nitrogen and oxygen atoms in total. The fourth-order valence-electron chi connectivity index (χ4n) is 1.86. The van der Waals surface area contributed by atoms with Gasteiger partial charge in [0.05, 0.1) is 17.3 Å². The number of carbonyl (C=O) groups is 2. The number of halogens is 2. The molecule has 21 heavy (non-hydrogen) atoms. The van der Waals surface area contributed by atoms with Gasteiger partial charge in [-0.1, -0.05) is 43.0 Å². The van der Waals surface area contributed by atoms with Crippen LogP contribution in [0.3, 0.4) is 0 Å². The topological polar surface area (TPSA) is 49.4 Å². The molecular formula is C15H20Cl2N2O2.